The molecule has 1 aliphatic carbocycles. The largest absolute Gasteiger partial charge is 0.477 e. The van der Waals surface area contributed by atoms with Crippen LogP contribution in [0.15, 0.2) is 18.3 Å². The van der Waals surface area contributed by atoms with Gasteiger partial charge in [0.2, 0.25) is 0 Å². The highest BCUT2D eigenvalue weighted by Crippen LogP contribution is 2.34. The second-order valence-electron chi connectivity index (χ2n) is 5.06. The first-order valence-corrected chi connectivity index (χ1v) is 6.95. The fraction of sp³-hybridized carbons (Fsp3) is 0.429. The van der Waals surface area contributed by atoms with Gasteiger partial charge in [0.1, 0.15) is 5.65 Å². The number of carbonyl (C=O) groups is 1. The number of carboxylic acid groups (broad SMARTS) is 1. The number of aromatic nitrogens is 2. The Morgan fingerprint density at radius 1 is 1.37 bits per heavy atom. The van der Waals surface area contributed by atoms with Gasteiger partial charge in [-0.2, -0.15) is 0 Å². The predicted molar refractivity (Wildman–Crippen MR) is 73.0 cm³/mol. The summed E-state index contributed by atoms with van der Waals surface area (Å²) in [4.78, 5) is 16.0. The first-order chi connectivity index (χ1) is 9.16. The summed E-state index contributed by atoms with van der Waals surface area (Å²) in [6.45, 7) is 0. The molecule has 2 aromatic heterocycles. The Kier molecular flexibility index (Phi) is 3.19. The van der Waals surface area contributed by atoms with Gasteiger partial charge in [-0.3, -0.25) is 4.40 Å². The molecule has 1 N–H and O–H groups in total. The third-order valence-corrected chi connectivity index (χ3v) is 4.04. The molecule has 3 rings (SSSR count). The third-order valence-electron chi connectivity index (χ3n) is 3.81. The summed E-state index contributed by atoms with van der Waals surface area (Å²) in [6.07, 6.45) is 7.27. The van der Waals surface area contributed by atoms with E-state index < -0.39 is 5.97 Å². The van der Waals surface area contributed by atoms with E-state index in [1.54, 1.807) is 22.7 Å². The second-order valence-corrected chi connectivity index (χ2v) is 5.50. The zero-order chi connectivity index (χ0) is 13.4. The first kappa shape index (κ1) is 12.5. The monoisotopic (exact) mass is 278 g/mol. The number of fused-ring (bicyclic) bond motifs is 1. The average molecular weight is 279 g/mol. The highest BCUT2D eigenvalue weighted by atomic mass is 35.5. The Balaban J connectivity index is 2.16. The number of aromatic carboxylic acids is 1. The summed E-state index contributed by atoms with van der Waals surface area (Å²) in [5.74, 6) is -0.658. The molecular formula is C14H15ClN2O2. The predicted octanol–water partition coefficient (Wildman–Crippen LogP) is 3.73. The molecule has 1 aliphatic rings. The molecule has 19 heavy (non-hydrogen) atoms. The van der Waals surface area contributed by atoms with Gasteiger partial charge in [-0.15, -0.1) is 0 Å². The quantitative estimate of drug-likeness (QED) is 0.910. The third kappa shape index (κ3) is 2.21. The molecule has 4 nitrogen and oxygen atoms in total. The van der Waals surface area contributed by atoms with Crippen molar-refractivity contribution in [1.29, 1.82) is 0 Å². The maximum absolute atomic E-state index is 11.5. The minimum atomic E-state index is -0.921. The van der Waals surface area contributed by atoms with Gasteiger partial charge >= 0.3 is 5.97 Å². The van der Waals surface area contributed by atoms with E-state index >= 15 is 0 Å². The van der Waals surface area contributed by atoms with Crippen LogP contribution in [0.1, 0.15) is 54.2 Å². The van der Waals surface area contributed by atoms with Crippen LogP contribution < -0.4 is 0 Å². The summed E-state index contributed by atoms with van der Waals surface area (Å²) in [5.41, 5.74) is 1.62. The molecule has 0 aliphatic heterocycles. The first-order valence-electron chi connectivity index (χ1n) is 6.57. The Hall–Kier alpha value is -1.55. The van der Waals surface area contributed by atoms with E-state index in [1.165, 1.54) is 6.42 Å². The highest BCUT2D eigenvalue weighted by molar-refractivity contribution is 6.30. The molecule has 0 spiro atoms. The van der Waals surface area contributed by atoms with E-state index in [0.717, 1.165) is 31.4 Å². The van der Waals surface area contributed by atoms with Crippen molar-refractivity contribution in [2.45, 2.75) is 38.0 Å². The molecule has 0 atom stereocenters. The zero-order valence-electron chi connectivity index (χ0n) is 10.5. The number of carboxylic acids is 1. The van der Waals surface area contributed by atoms with Crippen molar-refractivity contribution in [3.63, 3.8) is 0 Å². The molecule has 0 radical (unpaired) electrons. The van der Waals surface area contributed by atoms with Gasteiger partial charge < -0.3 is 5.11 Å². The van der Waals surface area contributed by atoms with Gasteiger partial charge in [0, 0.05) is 23.2 Å². The Bertz CT molecular complexity index is 630. The molecule has 0 aromatic carbocycles. The van der Waals surface area contributed by atoms with Crippen molar-refractivity contribution in [1.82, 2.24) is 9.38 Å². The molecular weight excluding hydrogens is 264 g/mol. The van der Waals surface area contributed by atoms with Gasteiger partial charge in [0.15, 0.2) is 5.69 Å². The summed E-state index contributed by atoms with van der Waals surface area (Å²) in [5, 5.41) is 10.0. The number of nitrogens with zero attached hydrogens (tertiary/aromatic N) is 2. The molecule has 0 unspecified atom stereocenters. The van der Waals surface area contributed by atoms with Crippen LogP contribution in [0.5, 0.6) is 0 Å². The zero-order valence-corrected chi connectivity index (χ0v) is 11.2. The Morgan fingerprint density at radius 2 is 2.11 bits per heavy atom. The summed E-state index contributed by atoms with van der Waals surface area (Å²) in [6, 6.07) is 3.40. The van der Waals surface area contributed by atoms with Crippen molar-refractivity contribution in [2.75, 3.05) is 0 Å². The minimum Gasteiger partial charge on any atom is -0.477 e. The molecule has 0 saturated heterocycles. The van der Waals surface area contributed by atoms with Crippen molar-refractivity contribution in [3.05, 3.63) is 34.7 Å². The van der Waals surface area contributed by atoms with Gasteiger partial charge in [-0.25, -0.2) is 9.78 Å². The van der Waals surface area contributed by atoms with Crippen molar-refractivity contribution >= 4 is 23.2 Å². The van der Waals surface area contributed by atoms with E-state index in [-0.39, 0.29) is 5.92 Å². The van der Waals surface area contributed by atoms with E-state index in [1.807, 2.05) is 0 Å². The summed E-state index contributed by atoms with van der Waals surface area (Å²) < 4.78 is 1.62. The lowest BCUT2D eigenvalue weighted by atomic mass is 9.86. The number of pyridine rings is 1. The second kappa shape index (κ2) is 4.85. The van der Waals surface area contributed by atoms with Gasteiger partial charge in [0.05, 0.1) is 5.69 Å². The van der Waals surface area contributed by atoms with Crippen LogP contribution in [0.2, 0.25) is 5.02 Å². The number of hydrogen-bond acceptors (Lipinski definition) is 2. The number of hydrogen-bond donors (Lipinski definition) is 1. The summed E-state index contributed by atoms with van der Waals surface area (Å²) in [7, 11) is 0. The lowest BCUT2D eigenvalue weighted by Gasteiger charge is -2.20. The van der Waals surface area contributed by atoms with E-state index in [2.05, 4.69) is 4.98 Å². The normalized spacial score (nSPS) is 16.9. The van der Waals surface area contributed by atoms with E-state index in [0.29, 0.717) is 16.4 Å². The van der Waals surface area contributed by atoms with Crippen molar-refractivity contribution < 1.29 is 9.90 Å². The fourth-order valence-corrected chi connectivity index (χ4v) is 3.07. The van der Waals surface area contributed by atoms with Crippen molar-refractivity contribution in [2.24, 2.45) is 0 Å². The van der Waals surface area contributed by atoms with Crippen LogP contribution in [0.4, 0.5) is 0 Å². The van der Waals surface area contributed by atoms with Crippen LogP contribution in [0, 0.1) is 0 Å². The van der Waals surface area contributed by atoms with Crippen LogP contribution in [0.25, 0.3) is 5.65 Å². The van der Waals surface area contributed by atoms with Crippen LogP contribution >= 0.6 is 11.6 Å². The topological polar surface area (TPSA) is 54.6 Å². The van der Waals surface area contributed by atoms with Gasteiger partial charge in [-0.1, -0.05) is 30.9 Å². The summed E-state index contributed by atoms with van der Waals surface area (Å²) >= 11 is 5.94. The smallest absolute Gasteiger partial charge is 0.354 e. The maximum Gasteiger partial charge on any atom is 0.354 e. The van der Waals surface area contributed by atoms with Crippen LogP contribution in [0.3, 0.4) is 0 Å². The SMILES string of the molecule is O=C(O)c1c(C2CCCCC2)nc2cc(Cl)ccn12. The number of rotatable bonds is 2. The lowest BCUT2D eigenvalue weighted by molar-refractivity contribution is 0.0687. The van der Waals surface area contributed by atoms with Gasteiger partial charge in [0.25, 0.3) is 0 Å². The molecule has 0 amide bonds. The molecule has 2 heterocycles. The van der Waals surface area contributed by atoms with E-state index in [9.17, 15) is 9.90 Å². The molecule has 100 valence electrons. The standard InChI is InChI=1S/C14H15ClN2O2/c15-10-6-7-17-11(8-10)16-12(13(17)14(18)19)9-4-2-1-3-5-9/h6-9H,1-5H2,(H,18,19). The van der Waals surface area contributed by atoms with Crippen LogP contribution in [-0.4, -0.2) is 20.5 Å². The Labute approximate surface area is 116 Å². The molecule has 1 fully saturated rings. The lowest BCUT2D eigenvalue weighted by Crippen LogP contribution is -2.11. The van der Waals surface area contributed by atoms with Crippen LogP contribution in [-0.2, 0) is 0 Å². The number of halogens is 1. The highest BCUT2D eigenvalue weighted by Gasteiger charge is 2.26. The Morgan fingerprint density at radius 3 is 2.79 bits per heavy atom. The van der Waals surface area contributed by atoms with Gasteiger partial charge in [-0.05, 0) is 18.9 Å². The molecule has 0 bridgehead atoms. The average Bonchev–Trinajstić information content (AvgIpc) is 2.78. The molecule has 1 saturated carbocycles. The molecule has 2 aromatic rings. The van der Waals surface area contributed by atoms with Crippen molar-refractivity contribution in [3.8, 4) is 0 Å². The molecule has 5 heteroatoms. The van der Waals surface area contributed by atoms with E-state index in [4.69, 9.17) is 11.6 Å². The number of imidazole rings is 1. The minimum absolute atomic E-state index is 0.263. The fourth-order valence-electron chi connectivity index (χ4n) is 2.91. The maximum atomic E-state index is 11.5.